The number of nitrogens with zero attached hydrogens (tertiary/aromatic N) is 2. The van der Waals surface area contributed by atoms with E-state index in [1.54, 1.807) is 4.90 Å². The fraction of sp³-hybridized carbons (Fsp3) is 0.350. The number of carbonyl (C=O) groups excluding carboxylic acids is 1. The summed E-state index contributed by atoms with van der Waals surface area (Å²) in [5.41, 5.74) is 3.05. The molecule has 2 aromatic rings. The number of carbonyl (C=O) groups is 1. The molecule has 2 heterocycles. The van der Waals surface area contributed by atoms with E-state index in [2.05, 4.69) is 0 Å². The minimum absolute atomic E-state index is 0.0305. The van der Waals surface area contributed by atoms with Gasteiger partial charge in [-0.15, -0.1) is 0 Å². The summed E-state index contributed by atoms with van der Waals surface area (Å²) in [6.45, 7) is 2.86. The van der Waals surface area contributed by atoms with Gasteiger partial charge in [0, 0.05) is 18.3 Å². The molecule has 2 atom stereocenters. The number of benzene rings is 2. The number of para-hydroxylation sites is 1. The van der Waals surface area contributed by atoms with E-state index < -0.39 is 9.84 Å². The number of rotatable bonds is 3. The Morgan fingerprint density at radius 2 is 1.62 bits per heavy atom. The molecule has 0 aromatic heterocycles. The lowest BCUT2D eigenvalue weighted by molar-refractivity contribution is -0.123. The minimum atomic E-state index is -3.16. The second kappa shape index (κ2) is 6.52. The predicted molar refractivity (Wildman–Crippen MR) is 102 cm³/mol. The number of piperazine rings is 1. The van der Waals surface area contributed by atoms with Gasteiger partial charge >= 0.3 is 0 Å². The van der Waals surface area contributed by atoms with E-state index >= 15 is 0 Å². The van der Waals surface area contributed by atoms with Crippen molar-refractivity contribution in [2.24, 2.45) is 0 Å². The number of sulfone groups is 1. The second-order valence-electron chi connectivity index (χ2n) is 7.20. The summed E-state index contributed by atoms with van der Waals surface area (Å²) >= 11 is 0. The number of hydrogen-bond acceptors (Lipinski definition) is 4. The first-order chi connectivity index (χ1) is 12.4. The molecule has 0 aliphatic carbocycles. The van der Waals surface area contributed by atoms with Crippen LogP contribution in [0.1, 0.15) is 11.1 Å². The van der Waals surface area contributed by atoms with Gasteiger partial charge in [-0.25, -0.2) is 8.42 Å². The quantitative estimate of drug-likeness (QED) is 0.829. The smallest absolute Gasteiger partial charge is 0.241 e. The van der Waals surface area contributed by atoms with Crippen molar-refractivity contribution in [2.45, 2.75) is 25.6 Å². The van der Waals surface area contributed by atoms with Crippen molar-refractivity contribution in [2.75, 3.05) is 23.0 Å². The maximum atomic E-state index is 12.9. The summed E-state index contributed by atoms with van der Waals surface area (Å²) in [6, 6.07) is 17.1. The summed E-state index contributed by atoms with van der Waals surface area (Å²) in [4.78, 5) is 16.6. The lowest BCUT2D eigenvalue weighted by Crippen LogP contribution is -2.61. The monoisotopic (exact) mass is 370 g/mol. The molecule has 0 bridgehead atoms. The van der Waals surface area contributed by atoms with Crippen LogP contribution in [0.4, 0.5) is 5.69 Å². The molecule has 136 valence electrons. The van der Waals surface area contributed by atoms with Crippen molar-refractivity contribution in [1.29, 1.82) is 0 Å². The van der Waals surface area contributed by atoms with E-state index in [4.69, 9.17) is 0 Å². The fourth-order valence-electron chi connectivity index (χ4n) is 3.98. The molecule has 2 aliphatic heterocycles. The Hall–Kier alpha value is -2.18. The molecule has 2 saturated heterocycles. The van der Waals surface area contributed by atoms with Crippen molar-refractivity contribution in [3.8, 4) is 0 Å². The predicted octanol–water partition coefficient (Wildman–Crippen LogP) is 2.01. The highest BCUT2D eigenvalue weighted by Crippen LogP contribution is 2.32. The molecule has 1 amide bonds. The number of aryl methyl sites for hydroxylation is 1. The van der Waals surface area contributed by atoms with Crippen molar-refractivity contribution >= 4 is 21.4 Å². The van der Waals surface area contributed by atoms with Crippen molar-refractivity contribution in [3.63, 3.8) is 0 Å². The van der Waals surface area contributed by atoms with Gasteiger partial charge in [0.05, 0.1) is 24.1 Å². The third-order valence-corrected chi connectivity index (χ3v) is 6.94. The van der Waals surface area contributed by atoms with Crippen LogP contribution >= 0.6 is 0 Å². The van der Waals surface area contributed by atoms with Gasteiger partial charge in [-0.1, -0.05) is 48.0 Å². The van der Waals surface area contributed by atoms with Crippen LogP contribution in [0.3, 0.4) is 0 Å². The van der Waals surface area contributed by atoms with E-state index in [9.17, 15) is 13.2 Å². The van der Waals surface area contributed by atoms with Gasteiger partial charge in [-0.2, -0.15) is 0 Å². The molecule has 0 spiro atoms. The summed E-state index contributed by atoms with van der Waals surface area (Å²) in [5.74, 6) is 0.102. The molecule has 0 saturated carbocycles. The Kier molecular flexibility index (Phi) is 4.32. The molecular weight excluding hydrogens is 348 g/mol. The van der Waals surface area contributed by atoms with Crippen molar-refractivity contribution < 1.29 is 13.2 Å². The molecule has 2 fully saturated rings. The average Bonchev–Trinajstić information content (AvgIpc) is 2.93. The van der Waals surface area contributed by atoms with Crippen LogP contribution in [0.5, 0.6) is 0 Å². The topological polar surface area (TPSA) is 57.7 Å². The van der Waals surface area contributed by atoms with Gasteiger partial charge < -0.3 is 4.90 Å². The maximum absolute atomic E-state index is 12.9. The Labute approximate surface area is 154 Å². The Bertz CT molecular complexity index is 910. The first-order valence-corrected chi connectivity index (χ1v) is 10.6. The summed E-state index contributed by atoms with van der Waals surface area (Å²) in [5, 5.41) is 0. The summed E-state index contributed by atoms with van der Waals surface area (Å²) < 4.78 is 24.7. The van der Waals surface area contributed by atoms with E-state index in [-0.39, 0.29) is 36.0 Å². The minimum Gasteiger partial charge on any atom is -0.306 e. The highest BCUT2D eigenvalue weighted by molar-refractivity contribution is 7.91. The number of hydrogen-bond donors (Lipinski definition) is 0. The standard InChI is InChI=1S/C20H22N2O3S/c1-15-7-9-16(10-8-15)11-21-12-20(23)22(17-5-3-2-4-6-17)19-14-26(24,25)13-18(19)21/h2-10,18-19H,11-14H2,1H3/t18-,19+/m0/s1. The zero-order valence-electron chi connectivity index (χ0n) is 14.7. The van der Waals surface area contributed by atoms with Gasteiger partial charge in [-0.05, 0) is 24.6 Å². The fourth-order valence-corrected chi connectivity index (χ4v) is 5.96. The highest BCUT2D eigenvalue weighted by atomic mass is 32.2. The highest BCUT2D eigenvalue weighted by Gasteiger charge is 2.49. The van der Waals surface area contributed by atoms with Gasteiger partial charge in [-0.3, -0.25) is 9.69 Å². The number of fused-ring (bicyclic) bond motifs is 1. The van der Waals surface area contributed by atoms with Crippen LogP contribution in [0.15, 0.2) is 54.6 Å². The van der Waals surface area contributed by atoms with Crippen LogP contribution < -0.4 is 4.90 Å². The van der Waals surface area contributed by atoms with Gasteiger partial charge in [0.1, 0.15) is 0 Å². The molecule has 5 nitrogen and oxygen atoms in total. The molecule has 2 aromatic carbocycles. The van der Waals surface area contributed by atoms with Crippen LogP contribution in [-0.4, -0.2) is 49.4 Å². The third kappa shape index (κ3) is 3.27. The number of anilines is 1. The zero-order chi connectivity index (χ0) is 18.3. The lowest BCUT2D eigenvalue weighted by Gasteiger charge is -2.43. The lowest BCUT2D eigenvalue weighted by atomic mass is 10.0. The zero-order valence-corrected chi connectivity index (χ0v) is 15.5. The first-order valence-electron chi connectivity index (χ1n) is 8.80. The Morgan fingerprint density at radius 1 is 0.962 bits per heavy atom. The van der Waals surface area contributed by atoms with Gasteiger partial charge in [0.25, 0.3) is 0 Å². The van der Waals surface area contributed by atoms with E-state index in [0.717, 1.165) is 11.3 Å². The second-order valence-corrected chi connectivity index (χ2v) is 9.36. The van der Waals surface area contributed by atoms with Crippen molar-refractivity contribution in [1.82, 2.24) is 4.90 Å². The van der Waals surface area contributed by atoms with Crippen LogP contribution in [0.25, 0.3) is 0 Å². The average molecular weight is 370 g/mol. The normalized spacial score (nSPS) is 25.3. The largest absolute Gasteiger partial charge is 0.306 e. The molecule has 6 heteroatoms. The summed E-state index contributed by atoms with van der Waals surface area (Å²) in [6.07, 6.45) is 0. The van der Waals surface area contributed by atoms with E-state index in [1.165, 1.54) is 5.56 Å². The van der Waals surface area contributed by atoms with E-state index in [1.807, 2.05) is 66.4 Å². The number of amides is 1. The molecular formula is C20H22N2O3S. The van der Waals surface area contributed by atoms with Crippen molar-refractivity contribution in [3.05, 3.63) is 65.7 Å². The van der Waals surface area contributed by atoms with Crippen LogP contribution in [0, 0.1) is 6.92 Å². The third-order valence-electron chi connectivity index (χ3n) is 5.24. The summed E-state index contributed by atoms with van der Waals surface area (Å²) in [7, 11) is -3.16. The maximum Gasteiger partial charge on any atom is 0.241 e. The molecule has 0 unspecified atom stereocenters. The molecule has 4 rings (SSSR count). The van der Waals surface area contributed by atoms with Gasteiger partial charge in [0.15, 0.2) is 9.84 Å². The van der Waals surface area contributed by atoms with E-state index in [0.29, 0.717) is 6.54 Å². The van der Waals surface area contributed by atoms with Gasteiger partial charge in [0.2, 0.25) is 5.91 Å². The Balaban J connectivity index is 1.65. The SMILES string of the molecule is Cc1ccc(CN2CC(=O)N(c3ccccc3)[C@@H]3CS(=O)(=O)C[C@@H]32)cc1. The molecule has 2 aliphatic rings. The molecule has 0 radical (unpaired) electrons. The molecule has 26 heavy (non-hydrogen) atoms. The first kappa shape index (κ1) is 17.2. The van der Waals surface area contributed by atoms with Crippen LogP contribution in [-0.2, 0) is 21.2 Å². The van der Waals surface area contributed by atoms with Crippen LogP contribution in [0.2, 0.25) is 0 Å². The Morgan fingerprint density at radius 3 is 2.31 bits per heavy atom. The molecule has 0 N–H and O–H groups in total.